The first-order valence-electron chi connectivity index (χ1n) is 6.53. The Bertz CT molecular complexity index is 264. The highest BCUT2D eigenvalue weighted by Gasteiger charge is 2.30. The third kappa shape index (κ3) is 3.18. The molecule has 17 heavy (non-hydrogen) atoms. The number of aliphatic hydroxyl groups excluding tert-OH is 1. The molecule has 1 amide bonds. The number of carbonyl (C=O) groups is 1. The topological polar surface area (TPSA) is 47.0 Å². The van der Waals surface area contributed by atoms with Crippen LogP contribution in [0.15, 0.2) is 0 Å². The molecule has 0 aromatic heterocycles. The zero-order chi connectivity index (χ0) is 12.3. The molecule has 0 radical (unpaired) electrons. The first-order chi connectivity index (χ1) is 8.20. The van der Waals surface area contributed by atoms with Gasteiger partial charge in [-0.05, 0) is 6.42 Å². The van der Waals surface area contributed by atoms with Gasteiger partial charge in [0.1, 0.15) is 0 Å². The zero-order valence-corrected chi connectivity index (χ0v) is 10.6. The maximum absolute atomic E-state index is 11.3. The van der Waals surface area contributed by atoms with Gasteiger partial charge in [0, 0.05) is 58.8 Å². The average molecular weight is 241 g/mol. The van der Waals surface area contributed by atoms with Crippen molar-refractivity contribution in [3.63, 3.8) is 0 Å². The first-order valence-corrected chi connectivity index (χ1v) is 6.53. The van der Waals surface area contributed by atoms with Crippen molar-refractivity contribution in [3.05, 3.63) is 0 Å². The fourth-order valence-corrected chi connectivity index (χ4v) is 2.82. The maximum Gasteiger partial charge on any atom is 0.219 e. The predicted octanol–water partition coefficient (Wildman–Crippen LogP) is -0.783. The van der Waals surface area contributed by atoms with E-state index in [0.717, 1.165) is 52.2 Å². The molecule has 98 valence electrons. The van der Waals surface area contributed by atoms with E-state index in [9.17, 15) is 4.79 Å². The quantitative estimate of drug-likeness (QED) is 0.704. The lowest BCUT2D eigenvalue weighted by atomic mass is 10.2. The van der Waals surface area contributed by atoms with Crippen molar-refractivity contribution in [1.29, 1.82) is 0 Å². The molecule has 0 unspecified atom stereocenters. The van der Waals surface area contributed by atoms with Crippen LogP contribution in [-0.2, 0) is 4.79 Å². The summed E-state index contributed by atoms with van der Waals surface area (Å²) in [4.78, 5) is 18.0. The number of hydrogen-bond donors (Lipinski definition) is 1. The number of likely N-dealkylation sites (tertiary alicyclic amines) is 1. The van der Waals surface area contributed by atoms with Crippen LogP contribution < -0.4 is 0 Å². The monoisotopic (exact) mass is 241 g/mol. The molecule has 2 saturated heterocycles. The number of rotatable bonds is 3. The van der Waals surface area contributed by atoms with Gasteiger partial charge in [0.2, 0.25) is 5.91 Å². The van der Waals surface area contributed by atoms with Crippen LogP contribution in [-0.4, -0.2) is 84.2 Å². The standard InChI is InChI=1S/C12H23N3O2/c1-11(17)15-3-2-12(10-15)14-6-4-13(5-7-14)8-9-16/h12,16H,2-10H2,1H3/t12-/m0/s1. The zero-order valence-electron chi connectivity index (χ0n) is 10.6. The highest BCUT2D eigenvalue weighted by molar-refractivity contribution is 5.73. The van der Waals surface area contributed by atoms with Gasteiger partial charge in [0.25, 0.3) is 0 Å². The summed E-state index contributed by atoms with van der Waals surface area (Å²) in [5.41, 5.74) is 0. The SMILES string of the molecule is CC(=O)N1CC[C@H](N2CCN(CCO)CC2)C1. The summed E-state index contributed by atoms with van der Waals surface area (Å²) >= 11 is 0. The van der Waals surface area contributed by atoms with Crippen molar-refractivity contribution < 1.29 is 9.90 Å². The van der Waals surface area contributed by atoms with Crippen molar-refractivity contribution in [2.45, 2.75) is 19.4 Å². The molecular formula is C12H23N3O2. The van der Waals surface area contributed by atoms with E-state index >= 15 is 0 Å². The minimum Gasteiger partial charge on any atom is -0.395 e. The molecule has 5 heteroatoms. The number of β-amino-alcohol motifs (C(OH)–C–C–N with tert-alkyl or cyclic N) is 1. The van der Waals surface area contributed by atoms with Crippen LogP contribution in [0.5, 0.6) is 0 Å². The Kier molecular flexibility index (Phi) is 4.36. The van der Waals surface area contributed by atoms with Crippen molar-refractivity contribution >= 4 is 5.91 Å². The molecule has 1 N–H and O–H groups in total. The van der Waals surface area contributed by atoms with Gasteiger partial charge >= 0.3 is 0 Å². The van der Waals surface area contributed by atoms with Gasteiger partial charge < -0.3 is 10.0 Å². The summed E-state index contributed by atoms with van der Waals surface area (Å²) in [6.45, 7) is 8.72. The van der Waals surface area contributed by atoms with Crippen LogP contribution in [0.2, 0.25) is 0 Å². The summed E-state index contributed by atoms with van der Waals surface area (Å²) in [5, 5.41) is 8.89. The second kappa shape index (κ2) is 5.80. The van der Waals surface area contributed by atoms with E-state index in [1.807, 2.05) is 4.90 Å². The summed E-state index contributed by atoms with van der Waals surface area (Å²) in [7, 11) is 0. The van der Waals surface area contributed by atoms with E-state index in [0.29, 0.717) is 6.04 Å². The molecule has 5 nitrogen and oxygen atoms in total. The van der Waals surface area contributed by atoms with E-state index in [-0.39, 0.29) is 12.5 Å². The fraction of sp³-hybridized carbons (Fsp3) is 0.917. The highest BCUT2D eigenvalue weighted by atomic mass is 16.3. The summed E-state index contributed by atoms with van der Waals surface area (Å²) in [6.07, 6.45) is 1.11. The number of piperazine rings is 1. The molecule has 0 aromatic carbocycles. The Morgan fingerprint density at radius 2 is 1.94 bits per heavy atom. The normalized spacial score (nSPS) is 27.6. The number of amides is 1. The van der Waals surface area contributed by atoms with E-state index < -0.39 is 0 Å². The Labute approximate surface area is 103 Å². The molecule has 0 saturated carbocycles. The second-order valence-electron chi connectivity index (χ2n) is 5.01. The van der Waals surface area contributed by atoms with Crippen LogP contribution in [0, 0.1) is 0 Å². The van der Waals surface area contributed by atoms with Gasteiger partial charge in [-0.1, -0.05) is 0 Å². The van der Waals surface area contributed by atoms with Crippen molar-refractivity contribution in [1.82, 2.24) is 14.7 Å². The lowest BCUT2D eigenvalue weighted by Gasteiger charge is -2.37. The first kappa shape index (κ1) is 12.8. The van der Waals surface area contributed by atoms with Crippen molar-refractivity contribution in [3.8, 4) is 0 Å². The average Bonchev–Trinajstić information content (AvgIpc) is 2.80. The van der Waals surface area contributed by atoms with Gasteiger partial charge in [-0.25, -0.2) is 0 Å². The van der Waals surface area contributed by atoms with Crippen molar-refractivity contribution in [2.24, 2.45) is 0 Å². The van der Waals surface area contributed by atoms with Crippen LogP contribution in [0.4, 0.5) is 0 Å². The van der Waals surface area contributed by atoms with Crippen LogP contribution in [0.25, 0.3) is 0 Å². The van der Waals surface area contributed by atoms with Gasteiger partial charge in [-0.3, -0.25) is 14.6 Å². The molecular weight excluding hydrogens is 218 g/mol. The summed E-state index contributed by atoms with van der Waals surface area (Å²) in [5.74, 6) is 0.200. The molecule has 0 aromatic rings. The van der Waals surface area contributed by atoms with Gasteiger partial charge in [0.05, 0.1) is 6.61 Å². The maximum atomic E-state index is 11.3. The third-order valence-corrected chi connectivity index (χ3v) is 3.95. The summed E-state index contributed by atoms with van der Waals surface area (Å²) < 4.78 is 0. The molecule has 0 bridgehead atoms. The third-order valence-electron chi connectivity index (χ3n) is 3.95. The minimum atomic E-state index is 0.200. The molecule has 2 rings (SSSR count). The van der Waals surface area contributed by atoms with Gasteiger partial charge in [0.15, 0.2) is 0 Å². The van der Waals surface area contributed by atoms with Crippen molar-refractivity contribution in [2.75, 3.05) is 52.4 Å². The van der Waals surface area contributed by atoms with Crippen LogP contribution >= 0.6 is 0 Å². The van der Waals surface area contributed by atoms with Gasteiger partial charge in [-0.2, -0.15) is 0 Å². The lowest BCUT2D eigenvalue weighted by molar-refractivity contribution is -0.128. The number of hydrogen-bond acceptors (Lipinski definition) is 4. The molecule has 1 atom stereocenters. The second-order valence-corrected chi connectivity index (χ2v) is 5.01. The Balaban J connectivity index is 1.76. The Morgan fingerprint density at radius 1 is 1.24 bits per heavy atom. The van der Waals surface area contributed by atoms with E-state index in [1.165, 1.54) is 0 Å². The molecule has 2 heterocycles. The van der Waals surface area contributed by atoms with E-state index in [4.69, 9.17) is 5.11 Å². The van der Waals surface area contributed by atoms with E-state index in [1.54, 1.807) is 6.92 Å². The van der Waals surface area contributed by atoms with Gasteiger partial charge in [-0.15, -0.1) is 0 Å². The Hall–Kier alpha value is -0.650. The van der Waals surface area contributed by atoms with Crippen LogP contribution in [0.1, 0.15) is 13.3 Å². The molecule has 0 spiro atoms. The predicted molar refractivity (Wildman–Crippen MR) is 65.8 cm³/mol. The molecule has 2 fully saturated rings. The van der Waals surface area contributed by atoms with Crippen LogP contribution in [0.3, 0.4) is 0 Å². The largest absolute Gasteiger partial charge is 0.395 e. The summed E-state index contributed by atoms with van der Waals surface area (Å²) in [6, 6.07) is 0.551. The smallest absolute Gasteiger partial charge is 0.219 e. The number of carbonyl (C=O) groups excluding carboxylic acids is 1. The fourth-order valence-electron chi connectivity index (χ4n) is 2.82. The molecule has 0 aliphatic carbocycles. The lowest BCUT2D eigenvalue weighted by Crippen LogP contribution is -2.51. The highest BCUT2D eigenvalue weighted by Crippen LogP contribution is 2.17. The molecule has 2 aliphatic heterocycles. The number of nitrogens with zero attached hydrogens (tertiary/aromatic N) is 3. The minimum absolute atomic E-state index is 0.200. The Morgan fingerprint density at radius 3 is 2.47 bits per heavy atom. The number of aliphatic hydroxyl groups is 1. The molecule has 2 aliphatic rings. The van der Waals surface area contributed by atoms with E-state index in [2.05, 4.69) is 9.80 Å².